The molecule has 8 atom stereocenters. The number of rotatable bonds is 4. The molecular formula is C27H40O5. The molecular weight excluding hydrogens is 404 g/mol. The molecule has 178 valence electrons. The Morgan fingerprint density at radius 1 is 1.25 bits per heavy atom. The average Bonchev–Trinajstić information content (AvgIpc) is 3.18. The summed E-state index contributed by atoms with van der Waals surface area (Å²) in [6, 6.07) is 0. The first kappa shape index (κ1) is 23.7. The van der Waals surface area contributed by atoms with Gasteiger partial charge in [0.1, 0.15) is 6.10 Å². The molecule has 0 spiro atoms. The van der Waals surface area contributed by atoms with Crippen molar-refractivity contribution in [1.82, 2.24) is 0 Å². The van der Waals surface area contributed by atoms with E-state index in [4.69, 9.17) is 4.74 Å². The highest BCUT2D eigenvalue weighted by Crippen LogP contribution is 2.60. The van der Waals surface area contributed by atoms with E-state index >= 15 is 0 Å². The Kier molecular flexibility index (Phi) is 6.47. The number of allylic oxidation sites excluding steroid dienone is 3. The van der Waals surface area contributed by atoms with E-state index in [-0.39, 0.29) is 11.5 Å². The van der Waals surface area contributed by atoms with Crippen LogP contribution >= 0.6 is 0 Å². The fourth-order valence-electron chi connectivity index (χ4n) is 7.24. The fraction of sp³-hybridized carbons (Fsp3) is 0.741. The summed E-state index contributed by atoms with van der Waals surface area (Å²) in [6.45, 7) is 10.3. The Morgan fingerprint density at radius 3 is 2.69 bits per heavy atom. The lowest BCUT2D eigenvalue weighted by molar-refractivity contribution is -0.154. The average molecular weight is 445 g/mol. The number of ether oxygens (including phenoxy) is 1. The van der Waals surface area contributed by atoms with Gasteiger partial charge in [0.05, 0.1) is 12.2 Å². The van der Waals surface area contributed by atoms with Gasteiger partial charge in [-0.2, -0.15) is 0 Å². The molecule has 4 rings (SSSR count). The molecule has 3 saturated carbocycles. The SMILES string of the molecule is C=C1/C(=C\C=C2/CCC[C@@]3(C)C2CC[C@@H]3[C@H](C)CC2CC(C)(O)C(=O)O2)C[C@@H](O)CC1O. The van der Waals surface area contributed by atoms with Crippen molar-refractivity contribution < 1.29 is 24.9 Å². The predicted octanol–water partition coefficient (Wildman–Crippen LogP) is 4.22. The van der Waals surface area contributed by atoms with Crippen LogP contribution in [0.5, 0.6) is 0 Å². The molecule has 4 unspecified atom stereocenters. The Hall–Kier alpha value is -1.43. The van der Waals surface area contributed by atoms with Crippen LogP contribution in [0.4, 0.5) is 0 Å². The van der Waals surface area contributed by atoms with Gasteiger partial charge in [-0.25, -0.2) is 4.79 Å². The van der Waals surface area contributed by atoms with E-state index in [2.05, 4.69) is 32.6 Å². The molecule has 1 heterocycles. The summed E-state index contributed by atoms with van der Waals surface area (Å²) in [5.74, 6) is 1.06. The van der Waals surface area contributed by atoms with Gasteiger partial charge in [-0.3, -0.25) is 0 Å². The molecule has 0 aromatic heterocycles. The van der Waals surface area contributed by atoms with Crippen molar-refractivity contribution in [1.29, 1.82) is 0 Å². The summed E-state index contributed by atoms with van der Waals surface area (Å²) in [6.07, 6.45) is 11.0. The Labute approximate surface area is 192 Å². The lowest BCUT2D eigenvalue weighted by Gasteiger charge is -2.44. The zero-order chi connectivity index (χ0) is 23.3. The summed E-state index contributed by atoms with van der Waals surface area (Å²) < 4.78 is 5.47. The Balaban J connectivity index is 1.47. The maximum Gasteiger partial charge on any atom is 0.338 e. The lowest BCUT2D eigenvalue weighted by Crippen LogP contribution is -2.36. The highest BCUT2D eigenvalue weighted by Gasteiger charge is 2.52. The van der Waals surface area contributed by atoms with Crippen LogP contribution in [-0.2, 0) is 9.53 Å². The molecule has 3 aliphatic carbocycles. The number of hydrogen-bond acceptors (Lipinski definition) is 5. The molecule has 0 radical (unpaired) electrons. The van der Waals surface area contributed by atoms with Crippen LogP contribution in [0.15, 0.2) is 35.5 Å². The normalized spacial score (nSPS) is 45.9. The molecule has 4 aliphatic rings. The third kappa shape index (κ3) is 4.36. The number of aliphatic hydroxyl groups is 3. The van der Waals surface area contributed by atoms with Gasteiger partial charge in [0.2, 0.25) is 0 Å². The van der Waals surface area contributed by atoms with E-state index in [0.717, 1.165) is 24.0 Å². The second kappa shape index (κ2) is 8.73. The standard InChI is InChI=1S/C27H40O5/c1-16(12-21-15-27(4,31)25(30)32-21)22-9-10-23-18(6-5-11-26(22,23)3)7-8-19-13-20(28)14-24(29)17(19)2/h7-8,16,20-24,28-29,31H,2,5-6,9-15H2,1,3-4H3/b18-7+,19-8-/t16-,20-,21?,22-,23?,24?,26-,27?/m1/s1. The van der Waals surface area contributed by atoms with Crippen LogP contribution in [0, 0.1) is 23.2 Å². The Bertz CT molecular complexity index is 824. The van der Waals surface area contributed by atoms with Crippen LogP contribution < -0.4 is 0 Å². The zero-order valence-corrected chi connectivity index (χ0v) is 19.8. The molecule has 0 aromatic rings. The fourth-order valence-corrected chi connectivity index (χ4v) is 7.24. The summed E-state index contributed by atoms with van der Waals surface area (Å²) in [4.78, 5) is 11.9. The van der Waals surface area contributed by atoms with E-state index in [0.29, 0.717) is 37.0 Å². The second-order valence-electron chi connectivity index (χ2n) is 11.4. The molecule has 5 nitrogen and oxygen atoms in total. The first-order valence-electron chi connectivity index (χ1n) is 12.4. The van der Waals surface area contributed by atoms with Gasteiger partial charge in [0.15, 0.2) is 5.60 Å². The number of hydrogen-bond donors (Lipinski definition) is 3. The molecule has 1 saturated heterocycles. The van der Waals surface area contributed by atoms with E-state index in [1.165, 1.54) is 31.3 Å². The number of fused-ring (bicyclic) bond motifs is 1. The first-order valence-corrected chi connectivity index (χ1v) is 12.4. The number of cyclic esters (lactones) is 1. The highest BCUT2D eigenvalue weighted by molar-refractivity contribution is 5.80. The number of aliphatic hydroxyl groups excluding tert-OH is 2. The van der Waals surface area contributed by atoms with Crippen molar-refractivity contribution in [3.05, 3.63) is 35.5 Å². The lowest BCUT2D eigenvalue weighted by atomic mass is 9.60. The molecule has 3 N–H and O–H groups in total. The smallest absolute Gasteiger partial charge is 0.338 e. The van der Waals surface area contributed by atoms with E-state index < -0.39 is 23.8 Å². The van der Waals surface area contributed by atoms with Gasteiger partial charge in [0.25, 0.3) is 0 Å². The third-order valence-electron chi connectivity index (χ3n) is 8.96. The van der Waals surface area contributed by atoms with Gasteiger partial charge >= 0.3 is 5.97 Å². The van der Waals surface area contributed by atoms with Gasteiger partial charge in [-0.1, -0.05) is 38.2 Å². The molecule has 0 amide bonds. The first-order chi connectivity index (χ1) is 15.0. The molecule has 5 heteroatoms. The summed E-state index contributed by atoms with van der Waals surface area (Å²) in [5, 5.41) is 30.4. The largest absolute Gasteiger partial charge is 0.460 e. The van der Waals surface area contributed by atoms with Crippen LogP contribution in [-0.4, -0.2) is 45.2 Å². The van der Waals surface area contributed by atoms with Crippen LogP contribution in [0.3, 0.4) is 0 Å². The maximum absolute atomic E-state index is 11.9. The van der Waals surface area contributed by atoms with Crippen LogP contribution in [0.25, 0.3) is 0 Å². The van der Waals surface area contributed by atoms with Gasteiger partial charge in [-0.15, -0.1) is 0 Å². The topological polar surface area (TPSA) is 87.0 Å². The number of carbonyl (C=O) groups is 1. The highest BCUT2D eigenvalue weighted by atomic mass is 16.6. The van der Waals surface area contributed by atoms with Crippen molar-refractivity contribution in [2.45, 2.75) is 102 Å². The van der Waals surface area contributed by atoms with Crippen molar-refractivity contribution in [2.24, 2.45) is 23.2 Å². The summed E-state index contributed by atoms with van der Waals surface area (Å²) in [7, 11) is 0. The van der Waals surface area contributed by atoms with Gasteiger partial charge < -0.3 is 20.1 Å². The van der Waals surface area contributed by atoms with Crippen molar-refractivity contribution in [2.75, 3.05) is 0 Å². The number of esters is 1. The molecule has 1 aliphatic heterocycles. The molecule has 0 bridgehead atoms. The second-order valence-corrected chi connectivity index (χ2v) is 11.4. The monoisotopic (exact) mass is 444 g/mol. The van der Waals surface area contributed by atoms with Gasteiger partial charge in [0, 0.05) is 12.8 Å². The maximum atomic E-state index is 11.9. The van der Waals surface area contributed by atoms with Crippen LogP contribution in [0.1, 0.15) is 78.6 Å². The molecule has 4 fully saturated rings. The van der Waals surface area contributed by atoms with Crippen molar-refractivity contribution >= 4 is 5.97 Å². The minimum atomic E-state index is -1.34. The summed E-state index contributed by atoms with van der Waals surface area (Å²) >= 11 is 0. The minimum Gasteiger partial charge on any atom is -0.460 e. The van der Waals surface area contributed by atoms with E-state index in [1.807, 2.05) is 0 Å². The van der Waals surface area contributed by atoms with Crippen molar-refractivity contribution in [3.63, 3.8) is 0 Å². The van der Waals surface area contributed by atoms with Crippen molar-refractivity contribution in [3.8, 4) is 0 Å². The summed E-state index contributed by atoms with van der Waals surface area (Å²) in [5.41, 5.74) is 2.08. The molecule has 32 heavy (non-hydrogen) atoms. The molecule has 0 aromatic carbocycles. The zero-order valence-electron chi connectivity index (χ0n) is 19.8. The predicted molar refractivity (Wildman–Crippen MR) is 124 cm³/mol. The minimum absolute atomic E-state index is 0.186. The number of carbonyl (C=O) groups excluding carboxylic acids is 1. The van der Waals surface area contributed by atoms with Gasteiger partial charge in [-0.05, 0) is 86.2 Å². The van der Waals surface area contributed by atoms with E-state index in [1.54, 1.807) is 6.92 Å². The van der Waals surface area contributed by atoms with E-state index in [9.17, 15) is 20.1 Å². The third-order valence-corrected chi connectivity index (χ3v) is 8.96. The van der Waals surface area contributed by atoms with Crippen LogP contribution in [0.2, 0.25) is 0 Å². The quantitative estimate of drug-likeness (QED) is 0.565. The Morgan fingerprint density at radius 2 is 2.00 bits per heavy atom.